The zero-order chi connectivity index (χ0) is 17.8. The molecule has 2 N–H and O–H groups in total. The predicted octanol–water partition coefficient (Wildman–Crippen LogP) is 2.00. The molecule has 0 aromatic heterocycles. The minimum atomic E-state index is -0.431. The number of imide groups is 1. The van der Waals surface area contributed by atoms with Crippen LogP contribution in [0.2, 0.25) is 0 Å². The van der Waals surface area contributed by atoms with E-state index in [-0.39, 0.29) is 18.7 Å². The molecule has 1 saturated carbocycles. The van der Waals surface area contributed by atoms with Gasteiger partial charge in [0.25, 0.3) is 0 Å². The van der Waals surface area contributed by atoms with Gasteiger partial charge in [0.1, 0.15) is 0 Å². The van der Waals surface area contributed by atoms with E-state index >= 15 is 0 Å². The molecule has 0 radical (unpaired) electrons. The van der Waals surface area contributed by atoms with Gasteiger partial charge in [-0.25, -0.2) is 4.79 Å². The van der Waals surface area contributed by atoms with E-state index in [2.05, 4.69) is 10.6 Å². The van der Waals surface area contributed by atoms with E-state index in [9.17, 15) is 9.59 Å². The van der Waals surface area contributed by atoms with Gasteiger partial charge in [-0.3, -0.25) is 15.0 Å². The lowest BCUT2D eigenvalue weighted by Crippen LogP contribution is -2.50. The van der Waals surface area contributed by atoms with Gasteiger partial charge >= 0.3 is 6.03 Å². The average molecular weight is 347 g/mol. The number of benzene rings is 1. The molecule has 3 amide bonds. The number of ether oxygens (including phenoxy) is 2. The van der Waals surface area contributed by atoms with Gasteiger partial charge in [0.15, 0.2) is 11.5 Å². The van der Waals surface area contributed by atoms with Crippen molar-refractivity contribution >= 4 is 11.9 Å². The third-order valence-electron chi connectivity index (χ3n) is 4.84. The second kappa shape index (κ2) is 7.74. The maximum Gasteiger partial charge on any atom is 0.321 e. The molecule has 1 fully saturated rings. The smallest absolute Gasteiger partial charge is 0.321 e. The number of carbonyl (C=O) groups is 2. The van der Waals surface area contributed by atoms with E-state index in [4.69, 9.17) is 9.47 Å². The number of urea groups is 1. The van der Waals surface area contributed by atoms with Gasteiger partial charge in [-0.05, 0) is 44.5 Å². The summed E-state index contributed by atoms with van der Waals surface area (Å²) in [5, 5.41) is 5.30. The van der Waals surface area contributed by atoms with Gasteiger partial charge in [-0.1, -0.05) is 18.9 Å². The topological polar surface area (TPSA) is 79.9 Å². The van der Waals surface area contributed by atoms with Crippen LogP contribution in [0.1, 0.15) is 38.2 Å². The molecule has 1 heterocycles. The Balaban J connectivity index is 1.49. The summed E-state index contributed by atoms with van der Waals surface area (Å²) < 4.78 is 10.7. The summed E-state index contributed by atoms with van der Waals surface area (Å²) >= 11 is 0. The number of hydrogen-bond donors (Lipinski definition) is 2. The maximum absolute atomic E-state index is 12.3. The number of amides is 3. The van der Waals surface area contributed by atoms with Crippen LogP contribution in [-0.2, 0) is 11.3 Å². The van der Waals surface area contributed by atoms with Crippen molar-refractivity contribution in [3.8, 4) is 11.5 Å². The Kier molecular flexibility index (Phi) is 5.43. The molecule has 0 bridgehead atoms. The second-order valence-electron chi connectivity index (χ2n) is 6.72. The van der Waals surface area contributed by atoms with Crippen molar-refractivity contribution in [3.63, 3.8) is 0 Å². The van der Waals surface area contributed by atoms with Crippen molar-refractivity contribution in [2.45, 2.75) is 51.2 Å². The highest BCUT2D eigenvalue weighted by Crippen LogP contribution is 2.32. The van der Waals surface area contributed by atoms with Crippen LogP contribution >= 0.6 is 0 Å². The third kappa shape index (κ3) is 4.42. The van der Waals surface area contributed by atoms with Crippen LogP contribution in [0.4, 0.5) is 4.79 Å². The van der Waals surface area contributed by atoms with E-state index < -0.39 is 12.1 Å². The maximum atomic E-state index is 12.3. The Hall–Kier alpha value is -2.28. The normalized spacial score (nSPS) is 17.6. The monoisotopic (exact) mass is 347 g/mol. The molecule has 1 aromatic rings. The Morgan fingerprint density at radius 3 is 2.72 bits per heavy atom. The highest BCUT2D eigenvalue weighted by atomic mass is 16.7. The fourth-order valence-corrected chi connectivity index (χ4v) is 3.17. The molecular weight excluding hydrogens is 322 g/mol. The van der Waals surface area contributed by atoms with Gasteiger partial charge in [-0.15, -0.1) is 0 Å². The molecule has 1 aliphatic heterocycles. The SMILES string of the molecule is C[C@H](C(=O)NC(=O)NC1CCCC1)N(C)Cc1ccc2c(c1)OCO2. The van der Waals surface area contributed by atoms with Gasteiger partial charge < -0.3 is 14.8 Å². The molecule has 1 aliphatic carbocycles. The van der Waals surface area contributed by atoms with Gasteiger partial charge in [0, 0.05) is 12.6 Å². The molecule has 1 aromatic carbocycles. The summed E-state index contributed by atoms with van der Waals surface area (Å²) in [5.41, 5.74) is 1.02. The number of hydrogen-bond acceptors (Lipinski definition) is 5. The highest BCUT2D eigenvalue weighted by molar-refractivity contribution is 5.96. The lowest BCUT2D eigenvalue weighted by atomic mass is 10.1. The van der Waals surface area contributed by atoms with E-state index in [1.165, 1.54) is 0 Å². The Labute approximate surface area is 147 Å². The van der Waals surface area contributed by atoms with Crippen LogP contribution in [0.15, 0.2) is 18.2 Å². The summed E-state index contributed by atoms with van der Waals surface area (Å²) in [4.78, 5) is 26.1. The molecule has 3 rings (SSSR count). The van der Waals surface area contributed by atoms with Crippen LogP contribution in [0.3, 0.4) is 0 Å². The minimum absolute atomic E-state index is 0.189. The van der Waals surface area contributed by atoms with Crippen LogP contribution in [0.25, 0.3) is 0 Å². The van der Waals surface area contributed by atoms with Crippen molar-refractivity contribution < 1.29 is 19.1 Å². The fraction of sp³-hybridized carbons (Fsp3) is 0.556. The standard InChI is InChI=1S/C18H25N3O4/c1-12(17(22)20-18(23)19-14-5-3-4-6-14)21(2)10-13-7-8-15-16(9-13)25-11-24-15/h7-9,12,14H,3-6,10-11H2,1-2H3,(H2,19,20,22,23)/t12-/m1/s1. The van der Waals surface area contributed by atoms with Crippen LogP contribution < -0.4 is 20.1 Å². The van der Waals surface area contributed by atoms with Gasteiger partial charge in [0.2, 0.25) is 12.7 Å². The molecule has 2 aliphatic rings. The second-order valence-corrected chi connectivity index (χ2v) is 6.72. The Bertz CT molecular complexity index is 643. The zero-order valence-electron chi connectivity index (χ0n) is 14.7. The first-order valence-corrected chi connectivity index (χ1v) is 8.73. The first-order chi connectivity index (χ1) is 12.0. The van der Waals surface area contributed by atoms with Gasteiger partial charge in [-0.2, -0.15) is 0 Å². The summed E-state index contributed by atoms with van der Waals surface area (Å²) in [6.45, 7) is 2.59. The van der Waals surface area contributed by atoms with Crippen LogP contribution in [0, 0.1) is 0 Å². The number of fused-ring (bicyclic) bond motifs is 1. The number of nitrogens with zero attached hydrogens (tertiary/aromatic N) is 1. The van der Waals surface area contributed by atoms with Crippen LogP contribution in [-0.4, -0.2) is 42.8 Å². The van der Waals surface area contributed by atoms with Crippen LogP contribution in [0.5, 0.6) is 11.5 Å². The van der Waals surface area contributed by atoms with E-state index in [1.807, 2.05) is 30.1 Å². The molecule has 136 valence electrons. The van der Waals surface area contributed by atoms with E-state index in [0.717, 1.165) is 42.7 Å². The van der Waals surface area contributed by atoms with Crippen molar-refractivity contribution in [2.24, 2.45) is 0 Å². The molecular formula is C18H25N3O4. The third-order valence-corrected chi connectivity index (χ3v) is 4.84. The zero-order valence-corrected chi connectivity index (χ0v) is 14.7. The number of rotatable bonds is 5. The quantitative estimate of drug-likeness (QED) is 0.852. The summed E-state index contributed by atoms with van der Waals surface area (Å²) in [7, 11) is 1.85. The van der Waals surface area contributed by atoms with Crippen molar-refractivity contribution in [3.05, 3.63) is 23.8 Å². The van der Waals surface area contributed by atoms with Crippen molar-refractivity contribution in [1.82, 2.24) is 15.5 Å². The first kappa shape index (κ1) is 17.5. The predicted molar refractivity (Wildman–Crippen MR) is 92.4 cm³/mol. The largest absolute Gasteiger partial charge is 0.454 e. The lowest BCUT2D eigenvalue weighted by Gasteiger charge is -2.24. The molecule has 0 spiro atoms. The number of likely N-dealkylation sites (N-methyl/N-ethyl adjacent to an activating group) is 1. The van der Waals surface area contributed by atoms with Crippen molar-refractivity contribution in [2.75, 3.05) is 13.8 Å². The van der Waals surface area contributed by atoms with Gasteiger partial charge in [0.05, 0.1) is 6.04 Å². The number of nitrogens with one attached hydrogen (secondary N) is 2. The summed E-state index contributed by atoms with van der Waals surface area (Å²) in [5.74, 6) is 1.15. The minimum Gasteiger partial charge on any atom is -0.454 e. The molecule has 7 nitrogen and oxygen atoms in total. The van der Waals surface area contributed by atoms with E-state index in [0.29, 0.717) is 6.54 Å². The molecule has 1 atom stereocenters. The first-order valence-electron chi connectivity index (χ1n) is 8.73. The average Bonchev–Trinajstić information content (AvgIpc) is 3.24. The lowest BCUT2D eigenvalue weighted by molar-refractivity contribution is -0.124. The van der Waals surface area contributed by atoms with E-state index in [1.54, 1.807) is 6.92 Å². The summed E-state index contributed by atoms with van der Waals surface area (Å²) in [6, 6.07) is 5.08. The summed E-state index contributed by atoms with van der Waals surface area (Å²) in [6.07, 6.45) is 4.24. The fourth-order valence-electron chi connectivity index (χ4n) is 3.17. The van der Waals surface area contributed by atoms with Crippen molar-refractivity contribution in [1.29, 1.82) is 0 Å². The highest BCUT2D eigenvalue weighted by Gasteiger charge is 2.23. The Morgan fingerprint density at radius 1 is 1.24 bits per heavy atom. The number of carbonyl (C=O) groups excluding carboxylic acids is 2. The Morgan fingerprint density at radius 2 is 1.96 bits per heavy atom. The molecule has 0 unspecified atom stereocenters. The molecule has 0 saturated heterocycles. The molecule has 25 heavy (non-hydrogen) atoms. The molecule has 7 heteroatoms.